The van der Waals surface area contributed by atoms with Crippen LogP contribution in [0.4, 0.5) is 0 Å². The maximum atomic E-state index is 12.8. The van der Waals surface area contributed by atoms with Crippen LogP contribution in [0, 0.1) is 5.41 Å². The molecule has 1 aliphatic rings. The number of carbonyl (C=O) groups excluding carboxylic acids is 1. The standard InChI is InChI=1S/C23H21NO4/c1-23(2)12-19-16(21(26)13-23)11-18(14-6-4-3-5-7-14)24(19)15-8-9-20(25)17(10-15)22(27)28/h3-11,25H,12-13H2,1-2H3,(H,27,28). The molecule has 0 atom stereocenters. The summed E-state index contributed by atoms with van der Waals surface area (Å²) in [5, 5.41) is 19.3. The van der Waals surface area contributed by atoms with Crippen LogP contribution in [0.15, 0.2) is 54.6 Å². The highest BCUT2D eigenvalue weighted by Gasteiger charge is 2.35. The molecule has 2 N–H and O–H groups in total. The number of aromatic hydroxyl groups is 1. The number of aromatic carboxylic acids is 1. The van der Waals surface area contributed by atoms with Crippen molar-refractivity contribution in [1.29, 1.82) is 0 Å². The van der Waals surface area contributed by atoms with Gasteiger partial charge < -0.3 is 14.8 Å². The molecule has 28 heavy (non-hydrogen) atoms. The fourth-order valence-electron chi connectivity index (χ4n) is 3.96. The van der Waals surface area contributed by atoms with Crippen LogP contribution in [0.1, 0.15) is 46.7 Å². The van der Waals surface area contributed by atoms with E-state index in [4.69, 9.17) is 0 Å². The van der Waals surface area contributed by atoms with Gasteiger partial charge in [0, 0.05) is 23.4 Å². The zero-order valence-electron chi connectivity index (χ0n) is 15.8. The van der Waals surface area contributed by atoms with E-state index in [0.29, 0.717) is 24.1 Å². The lowest BCUT2D eigenvalue weighted by atomic mass is 9.76. The minimum atomic E-state index is -1.20. The first-order chi connectivity index (χ1) is 13.3. The second-order valence-electron chi connectivity index (χ2n) is 8.04. The van der Waals surface area contributed by atoms with E-state index in [-0.39, 0.29) is 22.5 Å². The first-order valence-corrected chi connectivity index (χ1v) is 9.17. The van der Waals surface area contributed by atoms with Crippen molar-refractivity contribution in [2.45, 2.75) is 26.7 Å². The maximum Gasteiger partial charge on any atom is 0.339 e. The summed E-state index contributed by atoms with van der Waals surface area (Å²) in [7, 11) is 0. The number of rotatable bonds is 3. The number of carboxylic acid groups (broad SMARTS) is 1. The monoisotopic (exact) mass is 375 g/mol. The number of fused-ring (bicyclic) bond motifs is 1. The maximum absolute atomic E-state index is 12.8. The van der Waals surface area contributed by atoms with Gasteiger partial charge in [-0.2, -0.15) is 0 Å². The molecule has 0 unspecified atom stereocenters. The van der Waals surface area contributed by atoms with Gasteiger partial charge in [-0.1, -0.05) is 44.2 Å². The van der Waals surface area contributed by atoms with Gasteiger partial charge in [0.1, 0.15) is 11.3 Å². The highest BCUT2D eigenvalue weighted by atomic mass is 16.4. The quantitative estimate of drug-likeness (QED) is 0.695. The molecule has 0 fully saturated rings. The fourth-order valence-corrected chi connectivity index (χ4v) is 3.96. The molecule has 1 heterocycles. The molecule has 142 valence electrons. The number of ketones is 1. The minimum absolute atomic E-state index is 0.0967. The molecule has 0 saturated carbocycles. The third kappa shape index (κ3) is 2.99. The van der Waals surface area contributed by atoms with Crippen LogP contribution in [-0.2, 0) is 6.42 Å². The number of aromatic nitrogens is 1. The highest BCUT2D eigenvalue weighted by molar-refractivity contribution is 6.00. The van der Waals surface area contributed by atoms with Crippen molar-refractivity contribution in [1.82, 2.24) is 4.57 Å². The van der Waals surface area contributed by atoms with Crippen LogP contribution < -0.4 is 0 Å². The highest BCUT2D eigenvalue weighted by Crippen LogP contribution is 2.40. The lowest BCUT2D eigenvalue weighted by Crippen LogP contribution is -2.27. The predicted octanol–water partition coefficient (Wildman–Crippen LogP) is 4.70. The topological polar surface area (TPSA) is 79.5 Å². The second kappa shape index (κ2) is 6.37. The molecule has 0 spiro atoms. The van der Waals surface area contributed by atoms with E-state index in [9.17, 15) is 19.8 Å². The summed E-state index contributed by atoms with van der Waals surface area (Å²) in [4.78, 5) is 24.3. The SMILES string of the molecule is CC1(C)CC(=O)c2cc(-c3ccccc3)n(-c3ccc(O)c(C(=O)O)c3)c2C1. The van der Waals surface area contributed by atoms with Crippen LogP contribution in [0.3, 0.4) is 0 Å². The molecular weight excluding hydrogens is 354 g/mol. The summed E-state index contributed by atoms with van der Waals surface area (Å²) in [5.41, 5.74) is 3.60. The van der Waals surface area contributed by atoms with E-state index in [2.05, 4.69) is 13.8 Å². The largest absolute Gasteiger partial charge is 0.507 e. The molecule has 2 aromatic carbocycles. The minimum Gasteiger partial charge on any atom is -0.507 e. The molecule has 0 radical (unpaired) electrons. The normalized spacial score (nSPS) is 15.3. The van der Waals surface area contributed by atoms with Crippen molar-refractivity contribution in [3.8, 4) is 22.7 Å². The van der Waals surface area contributed by atoms with E-state index >= 15 is 0 Å². The van der Waals surface area contributed by atoms with Gasteiger partial charge in [-0.25, -0.2) is 4.79 Å². The Bertz CT molecular complexity index is 1090. The molecule has 1 aliphatic carbocycles. The van der Waals surface area contributed by atoms with Crippen LogP contribution in [-0.4, -0.2) is 26.5 Å². The lowest BCUT2D eigenvalue weighted by molar-refractivity contribution is 0.0693. The van der Waals surface area contributed by atoms with Gasteiger partial charge in [-0.15, -0.1) is 0 Å². The van der Waals surface area contributed by atoms with E-state index < -0.39 is 5.97 Å². The molecule has 0 aliphatic heterocycles. The average Bonchev–Trinajstić information content (AvgIpc) is 3.01. The van der Waals surface area contributed by atoms with E-state index in [0.717, 1.165) is 17.0 Å². The van der Waals surface area contributed by atoms with Crippen LogP contribution >= 0.6 is 0 Å². The number of carboxylic acids is 1. The average molecular weight is 375 g/mol. The predicted molar refractivity (Wildman–Crippen MR) is 106 cm³/mol. The third-order valence-corrected chi connectivity index (χ3v) is 5.23. The van der Waals surface area contributed by atoms with E-state index in [1.54, 1.807) is 6.07 Å². The van der Waals surface area contributed by atoms with Crippen molar-refractivity contribution >= 4 is 11.8 Å². The Morgan fingerprint density at radius 2 is 1.75 bits per heavy atom. The first-order valence-electron chi connectivity index (χ1n) is 9.17. The third-order valence-electron chi connectivity index (χ3n) is 5.23. The number of carbonyl (C=O) groups is 2. The Balaban J connectivity index is 2.02. The van der Waals surface area contributed by atoms with Gasteiger partial charge in [-0.3, -0.25) is 4.79 Å². The smallest absolute Gasteiger partial charge is 0.339 e. The van der Waals surface area contributed by atoms with Crippen LogP contribution in [0.25, 0.3) is 16.9 Å². The molecule has 5 nitrogen and oxygen atoms in total. The number of nitrogens with zero attached hydrogens (tertiary/aromatic N) is 1. The summed E-state index contributed by atoms with van der Waals surface area (Å²) in [6, 6.07) is 16.1. The van der Waals surface area contributed by atoms with Crippen LogP contribution in [0.5, 0.6) is 5.75 Å². The molecular formula is C23H21NO4. The number of phenols is 1. The van der Waals surface area contributed by atoms with Crippen molar-refractivity contribution in [3.05, 3.63) is 71.4 Å². The van der Waals surface area contributed by atoms with E-state index in [1.807, 2.05) is 41.0 Å². The molecule has 3 aromatic rings. The second-order valence-corrected chi connectivity index (χ2v) is 8.04. The summed E-state index contributed by atoms with van der Waals surface area (Å²) >= 11 is 0. The Hall–Kier alpha value is -3.34. The van der Waals surface area contributed by atoms with Crippen molar-refractivity contribution in [3.63, 3.8) is 0 Å². The van der Waals surface area contributed by atoms with Crippen molar-refractivity contribution in [2.24, 2.45) is 5.41 Å². The Morgan fingerprint density at radius 1 is 1.04 bits per heavy atom. The van der Waals surface area contributed by atoms with Crippen molar-refractivity contribution < 1.29 is 19.8 Å². The summed E-state index contributed by atoms with van der Waals surface area (Å²) in [6.45, 7) is 4.12. The Labute approximate surface area is 162 Å². The van der Waals surface area contributed by atoms with Gasteiger partial charge in [-0.05, 0) is 41.7 Å². The molecule has 0 saturated heterocycles. The zero-order valence-corrected chi connectivity index (χ0v) is 15.8. The molecule has 4 rings (SSSR count). The summed E-state index contributed by atoms with van der Waals surface area (Å²) in [6.07, 6.45) is 1.18. The fraction of sp³-hybridized carbons (Fsp3) is 0.217. The van der Waals surface area contributed by atoms with Crippen molar-refractivity contribution in [2.75, 3.05) is 0 Å². The number of Topliss-reactive ketones (excluding diaryl/α,β-unsaturated/α-hetero) is 1. The lowest BCUT2D eigenvalue weighted by Gasteiger charge is -2.30. The molecule has 0 bridgehead atoms. The van der Waals surface area contributed by atoms with Gasteiger partial charge in [0.2, 0.25) is 0 Å². The Morgan fingerprint density at radius 3 is 2.43 bits per heavy atom. The summed E-state index contributed by atoms with van der Waals surface area (Å²) in [5.74, 6) is -1.38. The van der Waals surface area contributed by atoms with Crippen LogP contribution in [0.2, 0.25) is 0 Å². The number of hydrogen-bond donors (Lipinski definition) is 2. The molecule has 1 aromatic heterocycles. The van der Waals surface area contributed by atoms with E-state index in [1.165, 1.54) is 12.1 Å². The molecule has 0 amide bonds. The zero-order chi connectivity index (χ0) is 20.1. The van der Waals surface area contributed by atoms with Gasteiger partial charge >= 0.3 is 5.97 Å². The first kappa shape index (κ1) is 18.0. The molecule has 5 heteroatoms. The summed E-state index contributed by atoms with van der Waals surface area (Å²) < 4.78 is 1.95. The van der Waals surface area contributed by atoms with Gasteiger partial charge in [0.25, 0.3) is 0 Å². The van der Waals surface area contributed by atoms with Gasteiger partial charge in [0.05, 0.1) is 5.69 Å². The number of hydrogen-bond acceptors (Lipinski definition) is 3. The Kier molecular flexibility index (Phi) is 4.11. The van der Waals surface area contributed by atoms with Gasteiger partial charge in [0.15, 0.2) is 5.78 Å². The number of benzene rings is 2.